The van der Waals surface area contributed by atoms with Crippen LogP contribution < -0.4 is 10.6 Å². The lowest BCUT2D eigenvalue weighted by molar-refractivity contribution is -0.123. The summed E-state index contributed by atoms with van der Waals surface area (Å²) in [6.07, 6.45) is 4.36. The van der Waals surface area contributed by atoms with Crippen molar-refractivity contribution in [3.63, 3.8) is 0 Å². The zero-order chi connectivity index (χ0) is 19.1. The van der Waals surface area contributed by atoms with Crippen molar-refractivity contribution < 1.29 is 9.59 Å². The van der Waals surface area contributed by atoms with Crippen LogP contribution in [0.15, 0.2) is 54.7 Å². The molecular weight excluding hydrogens is 362 g/mol. The highest BCUT2D eigenvalue weighted by Gasteiger charge is 2.21. The van der Waals surface area contributed by atoms with E-state index in [4.69, 9.17) is 0 Å². The summed E-state index contributed by atoms with van der Waals surface area (Å²) in [6.45, 7) is 0.237. The van der Waals surface area contributed by atoms with Gasteiger partial charge < -0.3 is 10.6 Å². The Kier molecular flexibility index (Phi) is 6.43. The Morgan fingerprint density at radius 2 is 1.89 bits per heavy atom. The van der Waals surface area contributed by atoms with Gasteiger partial charge in [-0.1, -0.05) is 24.3 Å². The number of benzene rings is 1. The second-order valence-corrected chi connectivity index (χ2v) is 6.92. The quantitative estimate of drug-likeness (QED) is 0.620. The van der Waals surface area contributed by atoms with Crippen LogP contribution >= 0.6 is 11.8 Å². The van der Waals surface area contributed by atoms with Gasteiger partial charge in [-0.25, -0.2) is 0 Å². The van der Waals surface area contributed by atoms with E-state index in [1.165, 1.54) is 0 Å². The molecule has 2 amide bonds. The highest BCUT2D eigenvalue weighted by Crippen LogP contribution is 2.06. The number of nitrogens with one attached hydrogen (secondary N) is 2. The first-order valence-electron chi connectivity index (χ1n) is 8.60. The molecule has 0 radical (unpaired) electrons. The van der Waals surface area contributed by atoms with Gasteiger partial charge in [-0.2, -0.15) is 11.8 Å². The number of carbonyl (C=O) groups excluding carboxylic acids is 2. The predicted octanol–water partition coefficient (Wildman–Crippen LogP) is 1.90. The van der Waals surface area contributed by atoms with Gasteiger partial charge >= 0.3 is 0 Å². The molecule has 0 aliphatic carbocycles. The zero-order valence-electron chi connectivity index (χ0n) is 15.0. The van der Waals surface area contributed by atoms with Crippen LogP contribution in [0.25, 0.3) is 5.65 Å². The molecule has 2 aromatic heterocycles. The number of nitrogens with zero attached hydrogens (tertiary/aromatic N) is 3. The fraction of sp³-hybridized carbons (Fsp3) is 0.263. The molecule has 2 N–H and O–H groups in total. The summed E-state index contributed by atoms with van der Waals surface area (Å²) in [5.41, 5.74) is 1.25. The van der Waals surface area contributed by atoms with E-state index in [-0.39, 0.29) is 18.4 Å². The van der Waals surface area contributed by atoms with Gasteiger partial charge in [-0.15, -0.1) is 10.2 Å². The molecule has 0 spiro atoms. The van der Waals surface area contributed by atoms with Gasteiger partial charge in [0.25, 0.3) is 5.91 Å². The van der Waals surface area contributed by atoms with Crippen molar-refractivity contribution in [1.29, 1.82) is 0 Å². The summed E-state index contributed by atoms with van der Waals surface area (Å²) in [4.78, 5) is 25.1. The molecular formula is C19H21N5O2S. The smallest absolute Gasteiger partial charge is 0.251 e. The van der Waals surface area contributed by atoms with Crippen molar-refractivity contribution in [1.82, 2.24) is 25.2 Å². The topological polar surface area (TPSA) is 88.4 Å². The van der Waals surface area contributed by atoms with Crippen LogP contribution in [0.1, 0.15) is 22.6 Å². The van der Waals surface area contributed by atoms with Crippen LogP contribution in [0, 0.1) is 0 Å². The number of amides is 2. The first-order chi connectivity index (χ1) is 13.2. The van der Waals surface area contributed by atoms with Crippen molar-refractivity contribution in [3.05, 3.63) is 66.1 Å². The molecule has 140 valence electrons. The fourth-order valence-corrected chi connectivity index (χ4v) is 3.11. The Morgan fingerprint density at radius 1 is 1.11 bits per heavy atom. The summed E-state index contributed by atoms with van der Waals surface area (Å²) >= 11 is 1.63. The molecule has 0 saturated carbocycles. The largest absolute Gasteiger partial charge is 0.347 e. The molecule has 3 aromatic rings. The van der Waals surface area contributed by atoms with Gasteiger partial charge in [0, 0.05) is 11.8 Å². The summed E-state index contributed by atoms with van der Waals surface area (Å²) in [6, 6.07) is 13.9. The van der Waals surface area contributed by atoms with Crippen LogP contribution in [0.4, 0.5) is 0 Å². The zero-order valence-corrected chi connectivity index (χ0v) is 15.8. The summed E-state index contributed by atoms with van der Waals surface area (Å²) < 4.78 is 1.82. The number of carbonyl (C=O) groups is 2. The minimum absolute atomic E-state index is 0.235. The standard InChI is InChI=1S/C19H21N5O2S/c1-27-12-10-15(21-18(25)14-7-3-2-4-8-14)19(26)20-13-17-23-22-16-9-5-6-11-24(16)17/h2-9,11,15H,10,12-13H2,1H3,(H,20,26)(H,21,25). The summed E-state index contributed by atoms with van der Waals surface area (Å²) in [5.74, 6) is 0.906. The molecule has 7 nitrogen and oxygen atoms in total. The normalized spacial score (nSPS) is 11.9. The summed E-state index contributed by atoms with van der Waals surface area (Å²) in [5, 5.41) is 13.9. The maximum atomic E-state index is 12.7. The number of thioether (sulfide) groups is 1. The van der Waals surface area contributed by atoms with E-state index in [0.717, 1.165) is 11.4 Å². The van der Waals surface area contributed by atoms with E-state index in [1.54, 1.807) is 36.0 Å². The Balaban J connectivity index is 1.65. The van der Waals surface area contributed by atoms with Gasteiger partial charge in [0.15, 0.2) is 11.5 Å². The molecule has 0 aliphatic rings. The number of fused-ring (bicyclic) bond motifs is 1. The van der Waals surface area contributed by atoms with E-state index in [9.17, 15) is 9.59 Å². The predicted molar refractivity (Wildman–Crippen MR) is 106 cm³/mol. The number of hydrogen-bond donors (Lipinski definition) is 2. The molecule has 8 heteroatoms. The number of rotatable bonds is 8. The molecule has 0 aliphatic heterocycles. The molecule has 2 heterocycles. The Hall–Kier alpha value is -2.87. The highest BCUT2D eigenvalue weighted by molar-refractivity contribution is 7.98. The molecule has 1 aromatic carbocycles. The third-order valence-corrected chi connectivity index (χ3v) is 4.72. The van der Waals surface area contributed by atoms with Gasteiger partial charge in [-0.05, 0) is 42.7 Å². The van der Waals surface area contributed by atoms with Crippen LogP contribution in [-0.2, 0) is 11.3 Å². The number of aromatic nitrogens is 3. The highest BCUT2D eigenvalue weighted by atomic mass is 32.2. The van der Waals surface area contributed by atoms with Crippen LogP contribution in [0.5, 0.6) is 0 Å². The first-order valence-corrected chi connectivity index (χ1v) is 9.99. The van der Waals surface area contributed by atoms with Gasteiger partial charge in [0.1, 0.15) is 6.04 Å². The van der Waals surface area contributed by atoms with E-state index < -0.39 is 6.04 Å². The average molecular weight is 383 g/mol. The van der Waals surface area contributed by atoms with E-state index in [2.05, 4.69) is 20.8 Å². The molecule has 27 heavy (non-hydrogen) atoms. The van der Waals surface area contributed by atoms with Crippen molar-refractivity contribution in [2.75, 3.05) is 12.0 Å². The lowest BCUT2D eigenvalue weighted by Gasteiger charge is -2.18. The third kappa shape index (κ3) is 4.85. The van der Waals surface area contributed by atoms with Crippen molar-refractivity contribution in [2.45, 2.75) is 19.0 Å². The number of hydrogen-bond acceptors (Lipinski definition) is 5. The van der Waals surface area contributed by atoms with Crippen molar-refractivity contribution in [2.24, 2.45) is 0 Å². The number of pyridine rings is 1. The third-order valence-electron chi connectivity index (χ3n) is 4.07. The maximum Gasteiger partial charge on any atom is 0.251 e. The van der Waals surface area contributed by atoms with E-state index >= 15 is 0 Å². The SMILES string of the molecule is CSCCC(NC(=O)c1ccccc1)C(=O)NCc1nnc2ccccn12. The molecule has 0 saturated heterocycles. The van der Waals surface area contributed by atoms with Crippen LogP contribution in [0.2, 0.25) is 0 Å². The fourth-order valence-electron chi connectivity index (χ4n) is 2.64. The second-order valence-electron chi connectivity index (χ2n) is 5.94. The Labute approximate surface area is 161 Å². The minimum atomic E-state index is -0.607. The summed E-state index contributed by atoms with van der Waals surface area (Å²) in [7, 11) is 0. The maximum absolute atomic E-state index is 12.7. The van der Waals surface area contributed by atoms with Gasteiger partial charge in [0.2, 0.25) is 5.91 Å². The molecule has 0 fully saturated rings. The second kappa shape index (κ2) is 9.18. The average Bonchev–Trinajstić information content (AvgIpc) is 3.13. The van der Waals surface area contributed by atoms with E-state index in [0.29, 0.717) is 17.8 Å². The molecule has 1 atom stereocenters. The Bertz CT molecular complexity index is 913. The molecule has 0 bridgehead atoms. The van der Waals surface area contributed by atoms with E-state index in [1.807, 2.05) is 41.1 Å². The first kappa shape index (κ1) is 18.9. The monoisotopic (exact) mass is 383 g/mol. The van der Waals surface area contributed by atoms with Crippen molar-refractivity contribution in [3.8, 4) is 0 Å². The lowest BCUT2D eigenvalue weighted by atomic mass is 10.1. The lowest BCUT2D eigenvalue weighted by Crippen LogP contribution is -2.47. The minimum Gasteiger partial charge on any atom is -0.347 e. The Morgan fingerprint density at radius 3 is 2.67 bits per heavy atom. The van der Waals surface area contributed by atoms with Gasteiger partial charge in [0.05, 0.1) is 6.54 Å². The van der Waals surface area contributed by atoms with Crippen LogP contribution in [-0.4, -0.2) is 44.5 Å². The molecule has 1 unspecified atom stereocenters. The molecule has 3 rings (SSSR count). The van der Waals surface area contributed by atoms with Crippen LogP contribution in [0.3, 0.4) is 0 Å². The van der Waals surface area contributed by atoms with Crippen molar-refractivity contribution >= 4 is 29.2 Å². The van der Waals surface area contributed by atoms with Gasteiger partial charge in [-0.3, -0.25) is 14.0 Å².